The quantitative estimate of drug-likeness (QED) is 0.769. The number of rotatable bonds is 5. The van der Waals surface area contributed by atoms with Crippen molar-refractivity contribution in [2.24, 2.45) is 0 Å². The molecule has 1 amide bonds. The average Bonchev–Trinajstić information content (AvgIpc) is 3.01. The third kappa shape index (κ3) is 5.18. The van der Waals surface area contributed by atoms with Crippen LogP contribution in [0.3, 0.4) is 0 Å². The smallest absolute Gasteiger partial charge is 0.416 e. The summed E-state index contributed by atoms with van der Waals surface area (Å²) in [7, 11) is 0. The lowest BCUT2D eigenvalue weighted by Crippen LogP contribution is -2.38. The summed E-state index contributed by atoms with van der Waals surface area (Å²) in [5.41, 5.74) is 0.723. The normalized spacial score (nSPS) is 18.6. The summed E-state index contributed by atoms with van der Waals surface area (Å²) in [6.07, 6.45) is 4.84. The molecule has 1 aliphatic rings. The van der Waals surface area contributed by atoms with Crippen molar-refractivity contribution in [2.45, 2.75) is 78.5 Å². The minimum Gasteiger partial charge on any atom is -0.443 e. The lowest BCUT2D eigenvalue weighted by molar-refractivity contribution is 0.0579. The van der Waals surface area contributed by atoms with Crippen LogP contribution in [0.5, 0.6) is 0 Å². The number of hydrogen-bond acceptors (Lipinski definition) is 4. The lowest BCUT2D eigenvalue weighted by Gasteiger charge is -2.29. The van der Waals surface area contributed by atoms with E-state index in [-0.39, 0.29) is 6.09 Å². The number of hydrogen-bond donors (Lipinski definition) is 0. The molecule has 0 bridgehead atoms. The fraction of sp³-hybridized carbons (Fsp3) is 0.700. The number of carbonyl (C=O) groups excluding carboxylic acids is 1. The Labute approximate surface area is 152 Å². The fourth-order valence-electron chi connectivity index (χ4n) is 3.36. The van der Waals surface area contributed by atoms with E-state index in [1.54, 1.807) is 4.90 Å². The Hall–Kier alpha value is -1.62. The van der Waals surface area contributed by atoms with Crippen molar-refractivity contribution in [3.8, 4) is 0 Å². The first-order valence-electron chi connectivity index (χ1n) is 9.45. The lowest BCUT2D eigenvalue weighted by atomic mass is 10.1. The third-order valence-corrected chi connectivity index (χ3v) is 4.45. The Balaban J connectivity index is 2.16. The first kappa shape index (κ1) is 19.7. The molecule has 1 aromatic rings. The van der Waals surface area contributed by atoms with Gasteiger partial charge in [0.05, 0.1) is 0 Å². The summed E-state index contributed by atoms with van der Waals surface area (Å²) >= 11 is 0. The van der Waals surface area contributed by atoms with Crippen LogP contribution in [0.15, 0.2) is 18.3 Å². The van der Waals surface area contributed by atoms with E-state index >= 15 is 0 Å². The number of pyridine rings is 1. The molecular formula is C20H33N3O2. The van der Waals surface area contributed by atoms with Gasteiger partial charge in [0.2, 0.25) is 0 Å². The van der Waals surface area contributed by atoms with Gasteiger partial charge in [0.25, 0.3) is 0 Å². The molecule has 0 radical (unpaired) electrons. The number of carbonyl (C=O) groups is 1. The fourth-order valence-corrected chi connectivity index (χ4v) is 3.36. The van der Waals surface area contributed by atoms with Crippen LogP contribution in [-0.2, 0) is 4.74 Å². The van der Waals surface area contributed by atoms with Gasteiger partial charge in [0, 0.05) is 24.8 Å². The highest BCUT2D eigenvalue weighted by molar-refractivity contribution is 5.86. The van der Waals surface area contributed by atoms with Gasteiger partial charge in [-0.3, -0.25) is 9.80 Å². The van der Waals surface area contributed by atoms with E-state index < -0.39 is 5.60 Å². The molecule has 2 rings (SSSR count). The zero-order valence-corrected chi connectivity index (χ0v) is 16.6. The molecule has 0 saturated carbocycles. The summed E-state index contributed by atoms with van der Waals surface area (Å²) in [4.78, 5) is 21.2. The van der Waals surface area contributed by atoms with Crippen LogP contribution in [-0.4, -0.2) is 40.7 Å². The zero-order chi connectivity index (χ0) is 18.6. The number of amides is 1. The van der Waals surface area contributed by atoms with Gasteiger partial charge in [0.15, 0.2) is 0 Å². The Kier molecular flexibility index (Phi) is 6.44. The second-order valence-corrected chi connectivity index (χ2v) is 8.07. The van der Waals surface area contributed by atoms with Crippen LogP contribution < -0.4 is 4.90 Å². The van der Waals surface area contributed by atoms with Crippen LogP contribution in [0.1, 0.15) is 72.4 Å². The molecule has 1 atom stereocenters. The van der Waals surface area contributed by atoms with Gasteiger partial charge in [-0.1, -0.05) is 13.0 Å². The van der Waals surface area contributed by atoms with E-state index in [0.29, 0.717) is 24.4 Å². The van der Waals surface area contributed by atoms with E-state index in [4.69, 9.17) is 4.74 Å². The van der Waals surface area contributed by atoms with Crippen LogP contribution in [0, 0.1) is 0 Å². The monoisotopic (exact) mass is 347 g/mol. The number of anilines is 1. The van der Waals surface area contributed by atoms with Gasteiger partial charge in [-0.05, 0) is 72.1 Å². The molecule has 0 N–H and O–H groups in total. The van der Waals surface area contributed by atoms with Crippen molar-refractivity contribution in [1.82, 2.24) is 9.88 Å². The molecule has 2 heterocycles. The predicted octanol–water partition coefficient (Wildman–Crippen LogP) is 4.78. The van der Waals surface area contributed by atoms with E-state index in [2.05, 4.69) is 29.8 Å². The SMILES string of the molecule is CCCN(C(=O)OC(C)(C)C)c1ccc([C@@H]2CCCN2C(C)C)cn1. The topological polar surface area (TPSA) is 45.7 Å². The standard InChI is InChI=1S/C20H33N3O2/c1-7-12-23(19(24)25-20(4,5)6)18-11-10-16(14-21-18)17-9-8-13-22(17)15(2)3/h10-11,14-15,17H,7-9,12-13H2,1-6H3/t17-/m0/s1. The van der Waals surface area contributed by atoms with Crippen molar-refractivity contribution in [3.63, 3.8) is 0 Å². The van der Waals surface area contributed by atoms with E-state index in [9.17, 15) is 4.79 Å². The number of ether oxygens (including phenoxy) is 1. The zero-order valence-electron chi connectivity index (χ0n) is 16.6. The molecule has 0 unspecified atom stereocenters. The highest BCUT2D eigenvalue weighted by atomic mass is 16.6. The van der Waals surface area contributed by atoms with Crippen LogP contribution in [0.2, 0.25) is 0 Å². The van der Waals surface area contributed by atoms with Crippen molar-refractivity contribution in [1.29, 1.82) is 0 Å². The largest absolute Gasteiger partial charge is 0.443 e. The number of likely N-dealkylation sites (tertiary alicyclic amines) is 1. The maximum atomic E-state index is 12.5. The average molecular weight is 348 g/mol. The van der Waals surface area contributed by atoms with Crippen molar-refractivity contribution in [3.05, 3.63) is 23.9 Å². The molecule has 1 aliphatic heterocycles. The minimum absolute atomic E-state index is 0.334. The highest BCUT2D eigenvalue weighted by Crippen LogP contribution is 2.33. The molecule has 25 heavy (non-hydrogen) atoms. The Morgan fingerprint density at radius 2 is 2.12 bits per heavy atom. The minimum atomic E-state index is -0.509. The molecule has 140 valence electrons. The third-order valence-electron chi connectivity index (χ3n) is 4.45. The van der Waals surface area contributed by atoms with Gasteiger partial charge in [-0.2, -0.15) is 0 Å². The molecule has 5 heteroatoms. The molecule has 1 saturated heterocycles. The maximum absolute atomic E-state index is 12.5. The predicted molar refractivity (Wildman–Crippen MR) is 102 cm³/mol. The summed E-state index contributed by atoms with van der Waals surface area (Å²) < 4.78 is 5.52. The van der Waals surface area contributed by atoms with Crippen molar-refractivity contribution >= 4 is 11.9 Å². The van der Waals surface area contributed by atoms with E-state index in [1.807, 2.05) is 40.0 Å². The van der Waals surface area contributed by atoms with Gasteiger partial charge >= 0.3 is 6.09 Å². The summed E-state index contributed by atoms with van der Waals surface area (Å²) in [5.74, 6) is 0.661. The molecule has 5 nitrogen and oxygen atoms in total. The van der Waals surface area contributed by atoms with Gasteiger partial charge in [-0.15, -0.1) is 0 Å². The van der Waals surface area contributed by atoms with E-state index in [0.717, 1.165) is 13.0 Å². The van der Waals surface area contributed by atoms with Crippen LogP contribution >= 0.6 is 0 Å². The first-order valence-corrected chi connectivity index (χ1v) is 9.45. The van der Waals surface area contributed by atoms with Crippen molar-refractivity contribution < 1.29 is 9.53 Å². The molecular weight excluding hydrogens is 314 g/mol. The van der Waals surface area contributed by atoms with Crippen LogP contribution in [0.4, 0.5) is 10.6 Å². The molecule has 1 fully saturated rings. The molecule has 0 aliphatic carbocycles. The Morgan fingerprint density at radius 3 is 2.64 bits per heavy atom. The Morgan fingerprint density at radius 1 is 1.40 bits per heavy atom. The molecule has 1 aromatic heterocycles. The highest BCUT2D eigenvalue weighted by Gasteiger charge is 2.29. The molecule has 0 aromatic carbocycles. The van der Waals surface area contributed by atoms with Crippen LogP contribution in [0.25, 0.3) is 0 Å². The second-order valence-electron chi connectivity index (χ2n) is 8.07. The number of aromatic nitrogens is 1. The Bertz CT molecular complexity index is 563. The summed E-state index contributed by atoms with van der Waals surface area (Å²) in [5, 5.41) is 0. The summed E-state index contributed by atoms with van der Waals surface area (Å²) in [6.45, 7) is 13.9. The van der Waals surface area contributed by atoms with E-state index in [1.165, 1.54) is 18.4 Å². The summed E-state index contributed by atoms with van der Waals surface area (Å²) in [6, 6.07) is 5.03. The van der Waals surface area contributed by atoms with Gasteiger partial charge < -0.3 is 4.74 Å². The maximum Gasteiger partial charge on any atom is 0.416 e. The van der Waals surface area contributed by atoms with Gasteiger partial charge in [0.1, 0.15) is 11.4 Å². The molecule has 0 spiro atoms. The number of nitrogens with zero attached hydrogens (tertiary/aromatic N) is 3. The second kappa shape index (κ2) is 8.17. The van der Waals surface area contributed by atoms with Gasteiger partial charge in [-0.25, -0.2) is 9.78 Å². The van der Waals surface area contributed by atoms with Crippen molar-refractivity contribution in [2.75, 3.05) is 18.0 Å². The first-order chi connectivity index (χ1) is 11.7.